The molecule has 124 valence electrons. The van der Waals surface area contributed by atoms with Crippen molar-refractivity contribution in [3.8, 4) is 5.75 Å². The Balaban J connectivity index is 1.69. The Morgan fingerprint density at radius 2 is 2.09 bits per heavy atom. The number of hydrogen-bond donors (Lipinski definition) is 0. The molecule has 1 aromatic carbocycles. The van der Waals surface area contributed by atoms with E-state index in [1.165, 1.54) is 4.88 Å². The summed E-state index contributed by atoms with van der Waals surface area (Å²) in [6.07, 6.45) is 0. The first-order valence-corrected chi connectivity index (χ1v) is 8.63. The lowest BCUT2D eigenvalue weighted by Gasteiger charge is -2.21. The van der Waals surface area contributed by atoms with Crippen LogP contribution in [-0.2, 0) is 11.3 Å². The Labute approximate surface area is 146 Å². The maximum Gasteiger partial charge on any atom is 0.236 e. The van der Waals surface area contributed by atoms with Gasteiger partial charge in [0.1, 0.15) is 12.4 Å². The highest BCUT2D eigenvalue weighted by molar-refractivity contribution is 7.09. The van der Waals surface area contributed by atoms with Crippen LogP contribution in [0.2, 0.25) is 5.02 Å². The molecule has 0 radical (unpaired) electrons. The Morgan fingerprint density at radius 3 is 2.78 bits per heavy atom. The van der Waals surface area contributed by atoms with Gasteiger partial charge in [-0.2, -0.15) is 0 Å². The van der Waals surface area contributed by atoms with Gasteiger partial charge in [0.2, 0.25) is 5.91 Å². The van der Waals surface area contributed by atoms with E-state index in [9.17, 15) is 4.79 Å². The number of nitrogens with zero attached hydrogens (tertiary/aromatic N) is 2. The molecule has 2 aromatic rings. The summed E-state index contributed by atoms with van der Waals surface area (Å²) in [7, 11) is 3.75. The summed E-state index contributed by atoms with van der Waals surface area (Å²) in [6, 6.07) is 11.3. The molecule has 0 atom stereocenters. The number of halogens is 1. The molecular formula is C17H21ClN2O2S. The summed E-state index contributed by atoms with van der Waals surface area (Å²) >= 11 is 7.57. The van der Waals surface area contributed by atoms with Gasteiger partial charge >= 0.3 is 0 Å². The summed E-state index contributed by atoms with van der Waals surface area (Å²) in [5.74, 6) is 0.843. The first kappa shape index (κ1) is 17.8. The SMILES string of the molecule is CN(CCOc1cccc(Cl)c1)CC(=O)N(C)Cc1cccs1. The molecule has 0 saturated heterocycles. The minimum absolute atomic E-state index is 0.101. The predicted molar refractivity (Wildman–Crippen MR) is 95.2 cm³/mol. The Kier molecular flexibility index (Phi) is 6.89. The van der Waals surface area contributed by atoms with Crippen LogP contribution in [0.4, 0.5) is 0 Å². The van der Waals surface area contributed by atoms with Crippen molar-refractivity contribution in [3.05, 3.63) is 51.7 Å². The van der Waals surface area contributed by atoms with Crippen LogP contribution in [0.1, 0.15) is 4.88 Å². The second kappa shape index (κ2) is 8.91. The maximum atomic E-state index is 12.2. The standard InChI is InChI=1S/C17H21ClN2O2S/c1-19(8-9-22-15-6-3-5-14(18)11-15)13-17(21)20(2)12-16-7-4-10-23-16/h3-7,10-11H,8-9,12-13H2,1-2H3. The molecule has 0 saturated carbocycles. The van der Waals surface area contributed by atoms with Crippen LogP contribution in [-0.4, -0.2) is 49.5 Å². The van der Waals surface area contributed by atoms with Crippen LogP contribution in [0, 0.1) is 0 Å². The number of rotatable bonds is 8. The van der Waals surface area contributed by atoms with Gasteiger partial charge in [0, 0.05) is 23.5 Å². The van der Waals surface area contributed by atoms with Crippen LogP contribution in [0.25, 0.3) is 0 Å². The van der Waals surface area contributed by atoms with Gasteiger partial charge in [-0.15, -0.1) is 11.3 Å². The number of hydrogen-bond acceptors (Lipinski definition) is 4. The van der Waals surface area contributed by atoms with E-state index in [2.05, 4.69) is 0 Å². The van der Waals surface area contributed by atoms with Gasteiger partial charge in [-0.05, 0) is 36.7 Å². The van der Waals surface area contributed by atoms with Crippen molar-refractivity contribution in [1.82, 2.24) is 9.80 Å². The number of carbonyl (C=O) groups excluding carboxylic acids is 1. The van der Waals surface area contributed by atoms with Crippen LogP contribution < -0.4 is 4.74 Å². The van der Waals surface area contributed by atoms with Crippen LogP contribution >= 0.6 is 22.9 Å². The molecule has 0 aliphatic carbocycles. The fraction of sp³-hybridized carbons (Fsp3) is 0.353. The van der Waals surface area contributed by atoms with E-state index in [1.54, 1.807) is 22.3 Å². The van der Waals surface area contributed by atoms with Gasteiger partial charge in [0.05, 0.1) is 13.1 Å². The van der Waals surface area contributed by atoms with E-state index in [-0.39, 0.29) is 5.91 Å². The van der Waals surface area contributed by atoms with Gasteiger partial charge in [-0.1, -0.05) is 23.7 Å². The molecule has 1 aromatic heterocycles. The zero-order valence-corrected chi connectivity index (χ0v) is 14.9. The van der Waals surface area contributed by atoms with Gasteiger partial charge in [-0.25, -0.2) is 0 Å². The van der Waals surface area contributed by atoms with E-state index >= 15 is 0 Å². The Hall–Kier alpha value is -1.56. The van der Waals surface area contributed by atoms with Crippen molar-refractivity contribution in [2.24, 2.45) is 0 Å². The molecule has 0 aliphatic rings. The topological polar surface area (TPSA) is 32.8 Å². The number of likely N-dealkylation sites (N-methyl/N-ethyl adjacent to an activating group) is 2. The minimum Gasteiger partial charge on any atom is -0.492 e. The molecule has 23 heavy (non-hydrogen) atoms. The van der Waals surface area contributed by atoms with Gasteiger partial charge in [0.15, 0.2) is 0 Å². The van der Waals surface area contributed by atoms with E-state index in [1.807, 2.05) is 54.7 Å². The minimum atomic E-state index is 0.101. The molecule has 0 bridgehead atoms. The quantitative estimate of drug-likeness (QED) is 0.730. The molecule has 2 rings (SSSR count). The number of benzene rings is 1. The number of thiophene rings is 1. The van der Waals surface area contributed by atoms with E-state index in [4.69, 9.17) is 16.3 Å². The summed E-state index contributed by atoms with van der Waals surface area (Å²) in [5.41, 5.74) is 0. The molecule has 0 unspecified atom stereocenters. The molecule has 6 heteroatoms. The van der Waals surface area contributed by atoms with Crippen LogP contribution in [0.3, 0.4) is 0 Å². The van der Waals surface area contributed by atoms with Crippen molar-refractivity contribution in [2.75, 3.05) is 33.8 Å². The highest BCUT2D eigenvalue weighted by Gasteiger charge is 2.12. The monoisotopic (exact) mass is 352 g/mol. The van der Waals surface area contributed by atoms with Gasteiger partial charge in [-0.3, -0.25) is 9.69 Å². The van der Waals surface area contributed by atoms with Crippen molar-refractivity contribution in [1.29, 1.82) is 0 Å². The number of ether oxygens (including phenoxy) is 1. The Morgan fingerprint density at radius 1 is 1.26 bits per heavy atom. The third kappa shape index (κ3) is 6.22. The average Bonchev–Trinajstić information content (AvgIpc) is 3.00. The third-order valence-corrected chi connectivity index (χ3v) is 4.44. The van der Waals surface area contributed by atoms with Crippen molar-refractivity contribution < 1.29 is 9.53 Å². The van der Waals surface area contributed by atoms with Gasteiger partial charge in [0.25, 0.3) is 0 Å². The molecule has 0 spiro atoms. The Bertz CT molecular complexity index is 619. The first-order chi connectivity index (χ1) is 11.0. The molecule has 0 N–H and O–H groups in total. The summed E-state index contributed by atoms with van der Waals surface area (Å²) in [6.45, 7) is 2.22. The van der Waals surface area contributed by atoms with Crippen molar-refractivity contribution in [2.45, 2.75) is 6.54 Å². The molecule has 4 nitrogen and oxygen atoms in total. The number of carbonyl (C=O) groups is 1. The number of amides is 1. The van der Waals surface area contributed by atoms with E-state index in [0.29, 0.717) is 31.3 Å². The van der Waals surface area contributed by atoms with Gasteiger partial charge < -0.3 is 9.64 Å². The average molecular weight is 353 g/mol. The lowest BCUT2D eigenvalue weighted by atomic mass is 10.3. The smallest absolute Gasteiger partial charge is 0.236 e. The first-order valence-electron chi connectivity index (χ1n) is 7.38. The molecule has 1 heterocycles. The highest BCUT2D eigenvalue weighted by Crippen LogP contribution is 2.17. The van der Waals surface area contributed by atoms with Crippen LogP contribution in [0.15, 0.2) is 41.8 Å². The zero-order valence-electron chi connectivity index (χ0n) is 13.4. The summed E-state index contributed by atoms with van der Waals surface area (Å²) in [5, 5.41) is 2.67. The fourth-order valence-electron chi connectivity index (χ4n) is 2.03. The van der Waals surface area contributed by atoms with Crippen molar-refractivity contribution in [3.63, 3.8) is 0 Å². The zero-order chi connectivity index (χ0) is 16.7. The molecule has 0 fully saturated rings. The largest absolute Gasteiger partial charge is 0.492 e. The third-order valence-electron chi connectivity index (χ3n) is 3.34. The van der Waals surface area contributed by atoms with Crippen molar-refractivity contribution >= 4 is 28.8 Å². The maximum absolute atomic E-state index is 12.2. The predicted octanol–water partition coefficient (Wildman–Crippen LogP) is 3.37. The van der Waals surface area contributed by atoms with E-state index in [0.717, 1.165) is 5.75 Å². The lowest BCUT2D eigenvalue weighted by Crippen LogP contribution is -2.37. The summed E-state index contributed by atoms with van der Waals surface area (Å²) < 4.78 is 5.64. The second-order valence-corrected chi connectivity index (χ2v) is 6.84. The van der Waals surface area contributed by atoms with Crippen LogP contribution in [0.5, 0.6) is 5.75 Å². The second-order valence-electron chi connectivity index (χ2n) is 5.37. The highest BCUT2D eigenvalue weighted by atomic mass is 35.5. The molecule has 1 amide bonds. The fourth-order valence-corrected chi connectivity index (χ4v) is 2.97. The molecular weight excluding hydrogens is 332 g/mol. The normalized spacial score (nSPS) is 10.8. The summed E-state index contributed by atoms with van der Waals surface area (Å²) in [4.78, 5) is 17.1. The van der Waals surface area contributed by atoms with E-state index < -0.39 is 0 Å². The molecule has 0 aliphatic heterocycles. The lowest BCUT2D eigenvalue weighted by molar-refractivity contribution is -0.131.